The van der Waals surface area contributed by atoms with E-state index >= 15 is 0 Å². The lowest BCUT2D eigenvalue weighted by molar-refractivity contribution is 0.409. The summed E-state index contributed by atoms with van der Waals surface area (Å²) >= 11 is 3.73. The Hall–Kier alpha value is -1.74. The lowest BCUT2D eigenvalue weighted by Crippen LogP contribution is -2.27. The molecule has 118 valence electrons. The summed E-state index contributed by atoms with van der Waals surface area (Å²) in [5.74, 6) is 0.970. The van der Waals surface area contributed by atoms with Gasteiger partial charge in [0.25, 0.3) is 0 Å². The number of aromatic amines is 1. The number of aromatic nitrogens is 1. The van der Waals surface area contributed by atoms with E-state index < -0.39 is 0 Å². The second kappa shape index (κ2) is 4.88. The summed E-state index contributed by atoms with van der Waals surface area (Å²) < 4.78 is 6.72. The van der Waals surface area contributed by atoms with Crippen LogP contribution in [0.1, 0.15) is 41.8 Å². The minimum absolute atomic E-state index is 0.0671. The first kappa shape index (κ1) is 14.8. The Bertz CT molecular complexity index is 936. The predicted octanol–water partition coefficient (Wildman–Crippen LogP) is 5.48. The molecular weight excluding hydrogens is 350 g/mol. The number of rotatable bonds is 1. The molecule has 0 aliphatic heterocycles. The molecule has 1 N–H and O–H groups in total. The van der Waals surface area contributed by atoms with Gasteiger partial charge in [-0.15, -0.1) is 0 Å². The van der Waals surface area contributed by atoms with Crippen molar-refractivity contribution in [1.82, 2.24) is 4.98 Å². The van der Waals surface area contributed by atoms with Crippen LogP contribution in [0.25, 0.3) is 10.9 Å². The fourth-order valence-electron chi connectivity index (χ4n) is 4.00. The van der Waals surface area contributed by atoms with Crippen LogP contribution in [0.2, 0.25) is 0 Å². The molecule has 2 nitrogen and oxygen atoms in total. The Kier molecular flexibility index (Phi) is 3.14. The molecule has 0 amide bonds. The van der Waals surface area contributed by atoms with Gasteiger partial charge in [-0.25, -0.2) is 0 Å². The van der Waals surface area contributed by atoms with E-state index in [1.54, 1.807) is 7.11 Å². The number of nitrogens with one attached hydrogen (secondary N) is 1. The molecule has 0 unspecified atom stereocenters. The van der Waals surface area contributed by atoms with Gasteiger partial charge in [-0.2, -0.15) is 0 Å². The molecule has 0 fully saturated rings. The van der Waals surface area contributed by atoms with Crippen molar-refractivity contribution in [2.24, 2.45) is 0 Å². The number of methoxy groups -OCH3 is 1. The standard InChI is InChI=1S/C20H20BrNO/c1-11-8-12-9-13-18-15(21)6-5-7-16(18)22-19(13)20(2,3)14(12)10-17(11)23-4/h5-8,10,22H,9H2,1-4H3. The van der Waals surface area contributed by atoms with Crippen molar-refractivity contribution in [2.45, 2.75) is 32.6 Å². The highest BCUT2D eigenvalue weighted by atomic mass is 79.9. The minimum atomic E-state index is -0.0671. The molecule has 3 heteroatoms. The summed E-state index contributed by atoms with van der Waals surface area (Å²) in [7, 11) is 1.75. The van der Waals surface area contributed by atoms with E-state index in [1.165, 1.54) is 38.9 Å². The highest BCUT2D eigenvalue weighted by Gasteiger charge is 2.36. The summed E-state index contributed by atoms with van der Waals surface area (Å²) in [5, 5.41) is 1.31. The molecule has 1 aliphatic carbocycles. The van der Waals surface area contributed by atoms with Crippen LogP contribution in [0.15, 0.2) is 34.8 Å². The molecule has 0 atom stereocenters. The Morgan fingerprint density at radius 2 is 2.00 bits per heavy atom. The Balaban J connectivity index is 2.04. The summed E-state index contributed by atoms with van der Waals surface area (Å²) in [6.45, 7) is 6.70. The van der Waals surface area contributed by atoms with E-state index in [2.05, 4.69) is 72.0 Å². The Morgan fingerprint density at radius 3 is 2.74 bits per heavy atom. The summed E-state index contributed by atoms with van der Waals surface area (Å²) in [6.07, 6.45) is 0.960. The molecule has 1 heterocycles. The third-order valence-corrected chi connectivity index (χ3v) is 5.82. The van der Waals surface area contributed by atoms with Crippen molar-refractivity contribution in [1.29, 1.82) is 0 Å². The first-order chi connectivity index (χ1) is 10.9. The molecule has 23 heavy (non-hydrogen) atoms. The quantitative estimate of drug-likeness (QED) is 0.603. The Morgan fingerprint density at radius 1 is 1.22 bits per heavy atom. The van der Waals surface area contributed by atoms with Crippen molar-refractivity contribution in [3.63, 3.8) is 0 Å². The van der Waals surface area contributed by atoms with Crippen molar-refractivity contribution >= 4 is 26.8 Å². The molecule has 3 aromatic rings. The number of benzene rings is 2. The number of aryl methyl sites for hydroxylation is 1. The van der Waals surface area contributed by atoms with Crippen molar-refractivity contribution in [3.8, 4) is 5.75 Å². The maximum absolute atomic E-state index is 5.55. The van der Waals surface area contributed by atoms with Gasteiger partial charge >= 0.3 is 0 Å². The average molecular weight is 370 g/mol. The monoisotopic (exact) mass is 369 g/mol. The van der Waals surface area contributed by atoms with Gasteiger partial charge in [0, 0.05) is 32.9 Å². The number of H-pyrrole nitrogens is 1. The third kappa shape index (κ3) is 1.99. The van der Waals surface area contributed by atoms with E-state index in [-0.39, 0.29) is 5.41 Å². The smallest absolute Gasteiger partial charge is 0.122 e. The van der Waals surface area contributed by atoms with Crippen molar-refractivity contribution in [2.75, 3.05) is 7.11 Å². The van der Waals surface area contributed by atoms with Crippen LogP contribution in [-0.2, 0) is 11.8 Å². The average Bonchev–Trinajstić information content (AvgIpc) is 2.88. The van der Waals surface area contributed by atoms with Crippen LogP contribution in [0, 0.1) is 6.92 Å². The van der Waals surface area contributed by atoms with Crippen molar-refractivity contribution < 1.29 is 4.74 Å². The number of halogens is 1. The molecule has 4 rings (SSSR count). The lowest BCUT2D eigenvalue weighted by Gasteiger charge is -2.33. The SMILES string of the molecule is COc1cc2c(cc1C)Cc1c([nH]c3cccc(Br)c13)C2(C)C. The first-order valence-corrected chi connectivity index (χ1v) is 8.70. The van der Waals surface area contributed by atoms with Gasteiger partial charge in [0.1, 0.15) is 5.75 Å². The van der Waals surface area contributed by atoms with E-state index in [1.807, 2.05) is 0 Å². The van der Waals surface area contributed by atoms with E-state index in [0.29, 0.717) is 0 Å². The zero-order chi connectivity index (χ0) is 16.4. The van der Waals surface area contributed by atoms with Crippen LogP contribution in [0.4, 0.5) is 0 Å². The molecule has 0 bridgehead atoms. The molecule has 1 aromatic heterocycles. The zero-order valence-electron chi connectivity index (χ0n) is 13.9. The molecule has 0 saturated heterocycles. The van der Waals surface area contributed by atoms with Gasteiger partial charge in [0.2, 0.25) is 0 Å². The summed E-state index contributed by atoms with van der Waals surface area (Å²) in [5.41, 5.74) is 7.82. The normalized spacial score (nSPS) is 15.3. The first-order valence-electron chi connectivity index (χ1n) is 7.91. The largest absolute Gasteiger partial charge is 0.496 e. The second-order valence-corrected chi connectivity index (χ2v) is 7.78. The van der Waals surface area contributed by atoms with E-state index in [4.69, 9.17) is 4.74 Å². The van der Waals surface area contributed by atoms with Gasteiger partial charge in [0.05, 0.1) is 7.11 Å². The fourth-order valence-corrected chi connectivity index (χ4v) is 4.61. The van der Waals surface area contributed by atoms with E-state index in [9.17, 15) is 0 Å². The van der Waals surface area contributed by atoms with Gasteiger partial charge in [0.15, 0.2) is 0 Å². The number of hydrogen-bond acceptors (Lipinski definition) is 1. The van der Waals surface area contributed by atoms with Crippen LogP contribution in [0.5, 0.6) is 5.75 Å². The van der Waals surface area contributed by atoms with Gasteiger partial charge in [-0.1, -0.05) is 41.9 Å². The van der Waals surface area contributed by atoms with Crippen LogP contribution in [-0.4, -0.2) is 12.1 Å². The van der Waals surface area contributed by atoms with Crippen molar-refractivity contribution in [3.05, 3.63) is 62.8 Å². The fraction of sp³-hybridized carbons (Fsp3) is 0.300. The number of ether oxygens (including phenoxy) is 1. The number of fused-ring (bicyclic) bond motifs is 4. The summed E-state index contributed by atoms with van der Waals surface area (Å²) in [4.78, 5) is 3.67. The third-order valence-electron chi connectivity index (χ3n) is 5.16. The molecule has 1 aliphatic rings. The highest BCUT2D eigenvalue weighted by molar-refractivity contribution is 9.10. The van der Waals surface area contributed by atoms with E-state index in [0.717, 1.165) is 16.6 Å². The molecule has 0 spiro atoms. The topological polar surface area (TPSA) is 25.0 Å². The predicted molar refractivity (Wildman–Crippen MR) is 98.7 cm³/mol. The minimum Gasteiger partial charge on any atom is -0.496 e. The van der Waals surface area contributed by atoms with Crippen LogP contribution in [0.3, 0.4) is 0 Å². The maximum atomic E-state index is 5.55. The zero-order valence-corrected chi connectivity index (χ0v) is 15.5. The van der Waals surface area contributed by atoms with Crippen LogP contribution >= 0.6 is 15.9 Å². The molecular formula is C20H20BrNO. The summed E-state index contributed by atoms with van der Waals surface area (Å²) in [6, 6.07) is 10.9. The number of hydrogen-bond donors (Lipinski definition) is 1. The van der Waals surface area contributed by atoms with Gasteiger partial charge in [-0.05, 0) is 47.4 Å². The van der Waals surface area contributed by atoms with Gasteiger partial charge < -0.3 is 9.72 Å². The molecule has 0 radical (unpaired) electrons. The molecule has 2 aromatic carbocycles. The van der Waals surface area contributed by atoms with Gasteiger partial charge in [-0.3, -0.25) is 0 Å². The lowest BCUT2D eigenvalue weighted by atomic mass is 9.71. The Labute approximate surface area is 145 Å². The highest BCUT2D eigenvalue weighted by Crippen LogP contribution is 2.46. The second-order valence-electron chi connectivity index (χ2n) is 6.92. The maximum Gasteiger partial charge on any atom is 0.122 e. The van der Waals surface area contributed by atoms with Crippen LogP contribution < -0.4 is 4.74 Å². The molecule has 0 saturated carbocycles.